The van der Waals surface area contributed by atoms with Gasteiger partial charge in [-0.2, -0.15) is 0 Å². The highest BCUT2D eigenvalue weighted by Gasteiger charge is 2.49. The number of ketones is 1. The van der Waals surface area contributed by atoms with E-state index >= 15 is 0 Å². The maximum absolute atomic E-state index is 13.6. The van der Waals surface area contributed by atoms with Crippen molar-refractivity contribution in [2.45, 2.75) is 44.2 Å². The molecule has 2 aliphatic heterocycles. The van der Waals surface area contributed by atoms with Crippen LogP contribution in [0, 0.1) is 5.82 Å². The van der Waals surface area contributed by atoms with Gasteiger partial charge >= 0.3 is 0 Å². The first-order chi connectivity index (χ1) is 14.5. The first-order valence-corrected chi connectivity index (χ1v) is 10.4. The normalized spacial score (nSPS) is 23.1. The Morgan fingerprint density at radius 1 is 1.07 bits per heavy atom. The molecule has 6 heteroatoms. The van der Waals surface area contributed by atoms with Crippen molar-refractivity contribution in [3.8, 4) is 5.75 Å². The highest BCUT2D eigenvalue weighted by Crippen LogP contribution is 2.43. The molecule has 1 N–H and O–H groups in total. The van der Waals surface area contributed by atoms with Crippen LogP contribution in [0.3, 0.4) is 0 Å². The zero-order valence-corrected chi connectivity index (χ0v) is 16.4. The number of benzene rings is 2. The Balaban J connectivity index is 1.65. The number of amides is 1. The smallest absolute Gasteiger partial charge is 0.295 e. The van der Waals surface area contributed by atoms with E-state index in [9.17, 15) is 19.1 Å². The molecule has 2 aromatic carbocycles. The van der Waals surface area contributed by atoms with Gasteiger partial charge < -0.3 is 14.7 Å². The van der Waals surface area contributed by atoms with Crippen LogP contribution in [0.2, 0.25) is 0 Å². The van der Waals surface area contributed by atoms with E-state index in [1.165, 1.54) is 12.1 Å². The first-order valence-electron chi connectivity index (χ1n) is 10.4. The highest BCUT2D eigenvalue weighted by molar-refractivity contribution is 6.46. The van der Waals surface area contributed by atoms with Crippen molar-refractivity contribution < 1.29 is 23.8 Å². The molecular weight excluding hydrogens is 385 g/mol. The lowest BCUT2D eigenvalue weighted by Gasteiger charge is -2.30. The Morgan fingerprint density at radius 3 is 2.53 bits per heavy atom. The summed E-state index contributed by atoms with van der Waals surface area (Å²) in [7, 11) is 0. The third-order valence-electron chi connectivity index (χ3n) is 6.35. The first kappa shape index (κ1) is 18.9. The zero-order valence-electron chi connectivity index (χ0n) is 16.4. The minimum Gasteiger partial charge on any atom is -0.507 e. The summed E-state index contributed by atoms with van der Waals surface area (Å²) in [6.07, 6.45) is 4.36. The average molecular weight is 407 g/mol. The fraction of sp³-hybridized carbons (Fsp3) is 0.333. The summed E-state index contributed by atoms with van der Waals surface area (Å²) >= 11 is 0. The van der Waals surface area contributed by atoms with Crippen LogP contribution >= 0.6 is 0 Å². The monoisotopic (exact) mass is 407 g/mol. The van der Waals surface area contributed by atoms with Crippen molar-refractivity contribution in [2.75, 3.05) is 6.61 Å². The molecule has 0 aromatic heterocycles. The van der Waals surface area contributed by atoms with E-state index in [1.807, 2.05) is 6.07 Å². The summed E-state index contributed by atoms with van der Waals surface area (Å²) in [5, 5.41) is 11.2. The van der Waals surface area contributed by atoms with Crippen LogP contribution in [0.15, 0.2) is 48.0 Å². The maximum atomic E-state index is 13.6. The third-order valence-corrected chi connectivity index (χ3v) is 6.35. The molecule has 30 heavy (non-hydrogen) atoms. The van der Waals surface area contributed by atoms with E-state index in [4.69, 9.17) is 4.74 Å². The Bertz CT molecular complexity index is 1050. The number of fused-ring (bicyclic) bond motifs is 1. The summed E-state index contributed by atoms with van der Waals surface area (Å²) in [4.78, 5) is 27.7. The second-order valence-corrected chi connectivity index (χ2v) is 8.12. The van der Waals surface area contributed by atoms with Gasteiger partial charge in [0.1, 0.15) is 17.3 Å². The Morgan fingerprint density at radius 2 is 1.80 bits per heavy atom. The van der Waals surface area contributed by atoms with Gasteiger partial charge in [-0.25, -0.2) is 4.39 Å². The Hall–Kier alpha value is -3.15. The number of hydrogen-bond acceptors (Lipinski definition) is 4. The fourth-order valence-corrected chi connectivity index (χ4v) is 4.87. The van der Waals surface area contributed by atoms with Gasteiger partial charge in [-0.1, -0.05) is 25.0 Å². The van der Waals surface area contributed by atoms with Gasteiger partial charge in [0.2, 0.25) is 0 Å². The minimum absolute atomic E-state index is 0.0600. The van der Waals surface area contributed by atoms with Crippen molar-refractivity contribution in [2.24, 2.45) is 0 Å². The summed E-state index contributed by atoms with van der Waals surface area (Å²) in [6.45, 7) is 0.585. The summed E-state index contributed by atoms with van der Waals surface area (Å²) in [6, 6.07) is 10.3. The molecule has 154 valence electrons. The van der Waals surface area contributed by atoms with E-state index in [-0.39, 0.29) is 17.4 Å². The second-order valence-electron chi connectivity index (χ2n) is 8.12. The Labute approximate surface area is 173 Å². The lowest BCUT2D eigenvalue weighted by molar-refractivity contribution is -0.141. The third kappa shape index (κ3) is 2.98. The Kier molecular flexibility index (Phi) is 4.57. The number of carbonyl (C=O) groups excluding carboxylic acids is 2. The quantitative estimate of drug-likeness (QED) is 0.472. The molecule has 1 atom stereocenters. The predicted molar refractivity (Wildman–Crippen MR) is 108 cm³/mol. The molecule has 5 rings (SSSR count). The molecule has 5 nitrogen and oxygen atoms in total. The van der Waals surface area contributed by atoms with Gasteiger partial charge in [-0.3, -0.25) is 9.59 Å². The number of likely N-dealkylation sites (tertiary alicyclic amines) is 1. The molecule has 1 saturated heterocycles. The van der Waals surface area contributed by atoms with E-state index in [0.29, 0.717) is 17.7 Å². The number of aliphatic hydroxyl groups excluding tert-OH is 1. The molecule has 2 heterocycles. The minimum atomic E-state index is -0.724. The summed E-state index contributed by atoms with van der Waals surface area (Å²) < 4.78 is 19.1. The highest BCUT2D eigenvalue weighted by atomic mass is 19.1. The van der Waals surface area contributed by atoms with Gasteiger partial charge in [0.15, 0.2) is 0 Å². The van der Waals surface area contributed by atoms with Gasteiger partial charge in [0, 0.05) is 18.0 Å². The summed E-state index contributed by atoms with van der Waals surface area (Å²) in [5.74, 6) is -1.10. The molecule has 2 aromatic rings. The number of halogens is 1. The number of Topliss-reactive ketones (excluding diaryl/α,β-unsaturated/α-hetero) is 1. The molecule has 2 fully saturated rings. The number of rotatable bonds is 3. The van der Waals surface area contributed by atoms with E-state index in [0.717, 1.165) is 43.4 Å². The standard InChI is InChI=1S/C24H22FNO4/c25-17-8-5-14(6-9-17)21-20(23(28)24(29)26(21)18-3-1-2-4-18)22(27)16-7-10-19-15(13-16)11-12-30-19/h5-10,13,18,21,27H,1-4,11-12H2/b22-20-. The fourth-order valence-electron chi connectivity index (χ4n) is 4.87. The zero-order chi connectivity index (χ0) is 20.8. The van der Waals surface area contributed by atoms with Gasteiger partial charge in [-0.05, 0) is 54.3 Å². The summed E-state index contributed by atoms with van der Waals surface area (Å²) in [5.41, 5.74) is 2.13. The van der Waals surface area contributed by atoms with Gasteiger partial charge in [-0.15, -0.1) is 0 Å². The van der Waals surface area contributed by atoms with Crippen molar-refractivity contribution >= 4 is 17.4 Å². The van der Waals surface area contributed by atoms with Gasteiger partial charge in [0.25, 0.3) is 11.7 Å². The predicted octanol–water partition coefficient (Wildman–Crippen LogP) is 4.12. The van der Waals surface area contributed by atoms with E-state index in [1.54, 1.807) is 29.2 Å². The molecular formula is C24H22FNO4. The van der Waals surface area contributed by atoms with Gasteiger partial charge in [0.05, 0.1) is 18.2 Å². The van der Waals surface area contributed by atoms with Crippen molar-refractivity contribution in [3.05, 3.63) is 70.5 Å². The molecule has 1 aliphatic carbocycles. The number of aliphatic hydroxyl groups is 1. The number of ether oxygens (including phenoxy) is 1. The number of carbonyl (C=O) groups is 2. The van der Waals surface area contributed by atoms with Crippen LogP contribution in [0.4, 0.5) is 4.39 Å². The van der Waals surface area contributed by atoms with Crippen molar-refractivity contribution in [3.63, 3.8) is 0 Å². The number of nitrogens with zero attached hydrogens (tertiary/aromatic N) is 1. The van der Waals surface area contributed by atoms with Crippen molar-refractivity contribution in [1.29, 1.82) is 0 Å². The lowest BCUT2D eigenvalue weighted by atomic mass is 9.94. The topological polar surface area (TPSA) is 66.8 Å². The molecule has 0 spiro atoms. The molecule has 0 bridgehead atoms. The molecule has 1 amide bonds. The van der Waals surface area contributed by atoms with E-state index in [2.05, 4.69) is 0 Å². The second kappa shape index (κ2) is 7.27. The van der Waals surface area contributed by atoms with Crippen LogP contribution in [0.25, 0.3) is 5.76 Å². The van der Waals surface area contributed by atoms with E-state index < -0.39 is 23.5 Å². The van der Waals surface area contributed by atoms with Crippen LogP contribution in [0.1, 0.15) is 48.4 Å². The van der Waals surface area contributed by atoms with Crippen LogP contribution < -0.4 is 4.74 Å². The molecule has 1 unspecified atom stereocenters. The van der Waals surface area contributed by atoms with Crippen LogP contribution in [-0.2, 0) is 16.0 Å². The molecule has 0 radical (unpaired) electrons. The SMILES string of the molecule is O=C1C(=O)N(C2CCCC2)C(c2ccc(F)cc2)/C1=C(/O)c1ccc2c(c1)CCO2. The lowest BCUT2D eigenvalue weighted by Crippen LogP contribution is -2.37. The molecule has 3 aliphatic rings. The molecule has 1 saturated carbocycles. The largest absolute Gasteiger partial charge is 0.507 e. The number of hydrogen-bond donors (Lipinski definition) is 1. The maximum Gasteiger partial charge on any atom is 0.295 e. The van der Waals surface area contributed by atoms with Crippen LogP contribution in [-0.4, -0.2) is 34.3 Å². The van der Waals surface area contributed by atoms with Crippen LogP contribution in [0.5, 0.6) is 5.75 Å². The van der Waals surface area contributed by atoms with Crippen molar-refractivity contribution in [1.82, 2.24) is 4.90 Å². The average Bonchev–Trinajstić information content (AvgIpc) is 3.48.